The number of amides is 1. The van der Waals surface area contributed by atoms with E-state index in [1.807, 2.05) is 6.92 Å². The third kappa shape index (κ3) is 3.80. The van der Waals surface area contributed by atoms with Crippen LogP contribution in [0.5, 0.6) is 0 Å². The van der Waals surface area contributed by atoms with E-state index >= 15 is 0 Å². The van der Waals surface area contributed by atoms with Crippen LogP contribution in [0, 0.1) is 5.92 Å². The van der Waals surface area contributed by atoms with Gasteiger partial charge in [-0.25, -0.2) is 13.6 Å². The van der Waals surface area contributed by atoms with E-state index in [4.69, 9.17) is 10.9 Å². The summed E-state index contributed by atoms with van der Waals surface area (Å²) in [6.07, 6.45) is 0.622. The predicted octanol–water partition coefficient (Wildman–Crippen LogP) is 0.257. The number of hydrogen-bond donors (Lipinski definition) is 3. The maximum atomic E-state index is 11.8. The Morgan fingerprint density at radius 2 is 2.11 bits per heavy atom. The Labute approximate surface area is 106 Å². The van der Waals surface area contributed by atoms with Crippen molar-refractivity contribution >= 4 is 21.6 Å². The van der Waals surface area contributed by atoms with E-state index in [0.717, 1.165) is 0 Å². The van der Waals surface area contributed by atoms with Crippen LogP contribution in [0.2, 0.25) is 0 Å². The lowest BCUT2D eigenvalue weighted by Crippen LogP contribution is -2.28. The summed E-state index contributed by atoms with van der Waals surface area (Å²) in [5.74, 6) is -0.519. The highest BCUT2D eigenvalue weighted by atomic mass is 32.2. The van der Waals surface area contributed by atoms with Gasteiger partial charge in [-0.2, -0.15) is 0 Å². The summed E-state index contributed by atoms with van der Waals surface area (Å²) in [6.45, 7) is 2.11. The Hall–Kier alpha value is -1.44. The molecule has 18 heavy (non-hydrogen) atoms. The van der Waals surface area contributed by atoms with Gasteiger partial charge in [0.1, 0.15) is 0 Å². The molecule has 0 fully saturated rings. The van der Waals surface area contributed by atoms with Crippen LogP contribution in [0.25, 0.3) is 0 Å². The lowest BCUT2D eigenvalue weighted by Gasteiger charge is -2.13. The summed E-state index contributed by atoms with van der Waals surface area (Å²) < 4.78 is 22.3. The van der Waals surface area contributed by atoms with Crippen molar-refractivity contribution in [2.24, 2.45) is 16.8 Å². The molecular formula is C11H17N3O3S. The van der Waals surface area contributed by atoms with Crippen LogP contribution in [0.3, 0.4) is 0 Å². The first-order valence-electron chi connectivity index (χ1n) is 5.52. The molecule has 5 N–H and O–H groups in total. The van der Waals surface area contributed by atoms with E-state index < -0.39 is 10.0 Å². The quantitative estimate of drug-likeness (QED) is 0.712. The summed E-state index contributed by atoms with van der Waals surface area (Å²) in [6, 6.07) is 5.79. The maximum absolute atomic E-state index is 11.8. The average molecular weight is 271 g/mol. The SMILES string of the molecule is CCC(CN)C(=O)Nc1cccc(S(N)(=O)=O)c1. The first-order valence-corrected chi connectivity index (χ1v) is 7.07. The smallest absolute Gasteiger partial charge is 0.238 e. The molecule has 1 unspecified atom stereocenters. The largest absolute Gasteiger partial charge is 0.330 e. The van der Waals surface area contributed by atoms with E-state index in [9.17, 15) is 13.2 Å². The number of carbonyl (C=O) groups is 1. The minimum absolute atomic E-state index is 0.0407. The lowest BCUT2D eigenvalue weighted by atomic mass is 10.1. The molecule has 6 nitrogen and oxygen atoms in total. The third-order valence-electron chi connectivity index (χ3n) is 2.58. The molecule has 0 radical (unpaired) electrons. The molecule has 0 aliphatic heterocycles. The Bertz CT molecular complexity index is 524. The summed E-state index contributed by atoms with van der Waals surface area (Å²) in [5, 5.41) is 7.63. The highest BCUT2D eigenvalue weighted by molar-refractivity contribution is 7.89. The topological polar surface area (TPSA) is 115 Å². The minimum atomic E-state index is -3.77. The standard InChI is InChI=1S/C11H17N3O3S/c1-2-8(7-12)11(15)14-9-4-3-5-10(6-9)18(13,16)17/h3-6,8H,2,7,12H2,1H3,(H,14,15)(H2,13,16,17). The van der Waals surface area contributed by atoms with Crippen molar-refractivity contribution in [3.05, 3.63) is 24.3 Å². The molecule has 7 heteroatoms. The van der Waals surface area contributed by atoms with E-state index in [-0.39, 0.29) is 23.3 Å². The number of nitrogens with one attached hydrogen (secondary N) is 1. The second kappa shape index (κ2) is 5.94. The molecule has 0 aromatic heterocycles. The second-order valence-corrected chi connectivity index (χ2v) is 5.46. The third-order valence-corrected chi connectivity index (χ3v) is 3.49. The number of anilines is 1. The summed E-state index contributed by atoms with van der Waals surface area (Å²) in [5.41, 5.74) is 5.85. The maximum Gasteiger partial charge on any atom is 0.238 e. The van der Waals surface area contributed by atoms with Crippen LogP contribution < -0.4 is 16.2 Å². The van der Waals surface area contributed by atoms with Crippen molar-refractivity contribution in [2.75, 3.05) is 11.9 Å². The molecule has 0 saturated carbocycles. The van der Waals surface area contributed by atoms with Crippen LogP contribution in [-0.2, 0) is 14.8 Å². The van der Waals surface area contributed by atoms with Gasteiger partial charge in [0.05, 0.1) is 10.8 Å². The van der Waals surface area contributed by atoms with Crippen LogP contribution in [0.1, 0.15) is 13.3 Å². The number of carbonyl (C=O) groups excluding carboxylic acids is 1. The zero-order valence-electron chi connectivity index (χ0n) is 10.1. The van der Waals surface area contributed by atoms with Gasteiger partial charge in [-0.3, -0.25) is 4.79 Å². The average Bonchev–Trinajstić information content (AvgIpc) is 2.29. The number of rotatable bonds is 5. The van der Waals surface area contributed by atoms with Gasteiger partial charge in [-0.1, -0.05) is 13.0 Å². The Morgan fingerprint density at radius 1 is 1.44 bits per heavy atom. The Balaban J connectivity index is 2.89. The normalized spacial score (nSPS) is 13.1. The van der Waals surface area contributed by atoms with Crippen molar-refractivity contribution in [1.29, 1.82) is 0 Å². The van der Waals surface area contributed by atoms with Crippen LogP contribution in [0.15, 0.2) is 29.2 Å². The fourth-order valence-corrected chi connectivity index (χ4v) is 2.01. The van der Waals surface area contributed by atoms with Gasteiger partial charge in [0.25, 0.3) is 0 Å². The van der Waals surface area contributed by atoms with E-state index in [2.05, 4.69) is 5.32 Å². The number of nitrogens with two attached hydrogens (primary N) is 2. The second-order valence-electron chi connectivity index (χ2n) is 3.90. The van der Waals surface area contributed by atoms with E-state index in [1.165, 1.54) is 18.2 Å². The van der Waals surface area contributed by atoms with E-state index in [0.29, 0.717) is 12.1 Å². The molecule has 1 aromatic rings. The number of benzene rings is 1. The zero-order valence-corrected chi connectivity index (χ0v) is 10.9. The Morgan fingerprint density at radius 3 is 2.61 bits per heavy atom. The van der Waals surface area contributed by atoms with Gasteiger partial charge in [0.2, 0.25) is 15.9 Å². The van der Waals surface area contributed by atoms with Crippen molar-refractivity contribution < 1.29 is 13.2 Å². The van der Waals surface area contributed by atoms with Gasteiger partial charge >= 0.3 is 0 Å². The lowest BCUT2D eigenvalue weighted by molar-refractivity contribution is -0.119. The summed E-state index contributed by atoms with van der Waals surface area (Å²) in [4.78, 5) is 11.7. The molecule has 0 aliphatic carbocycles. The number of hydrogen-bond acceptors (Lipinski definition) is 4. The zero-order chi connectivity index (χ0) is 13.8. The van der Waals surface area contributed by atoms with Gasteiger partial charge < -0.3 is 11.1 Å². The molecule has 0 saturated heterocycles. The molecule has 0 bridgehead atoms. The highest BCUT2D eigenvalue weighted by Crippen LogP contribution is 2.15. The van der Waals surface area contributed by atoms with Gasteiger partial charge in [0.15, 0.2) is 0 Å². The minimum Gasteiger partial charge on any atom is -0.330 e. The molecule has 1 amide bonds. The Kier molecular flexibility index (Phi) is 4.83. The number of primary sulfonamides is 1. The van der Waals surface area contributed by atoms with Gasteiger partial charge in [0, 0.05) is 12.2 Å². The van der Waals surface area contributed by atoms with E-state index in [1.54, 1.807) is 6.07 Å². The molecule has 1 rings (SSSR count). The van der Waals surface area contributed by atoms with Crippen molar-refractivity contribution in [2.45, 2.75) is 18.2 Å². The monoisotopic (exact) mass is 271 g/mol. The van der Waals surface area contributed by atoms with Gasteiger partial charge in [-0.15, -0.1) is 0 Å². The summed E-state index contributed by atoms with van der Waals surface area (Å²) in [7, 11) is -3.77. The predicted molar refractivity (Wildman–Crippen MR) is 69.3 cm³/mol. The fourth-order valence-electron chi connectivity index (χ4n) is 1.45. The van der Waals surface area contributed by atoms with Crippen molar-refractivity contribution in [3.8, 4) is 0 Å². The first-order chi connectivity index (χ1) is 8.38. The molecule has 0 heterocycles. The van der Waals surface area contributed by atoms with Crippen molar-refractivity contribution in [3.63, 3.8) is 0 Å². The molecular weight excluding hydrogens is 254 g/mol. The molecule has 0 aliphatic rings. The van der Waals surface area contributed by atoms with Gasteiger partial charge in [-0.05, 0) is 24.6 Å². The highest BCUT2D eigenvalue weighted by Gasteiger charge is 2.15. The summed E-state index contributed by atoms with van der Waals surface area (Å²) >= 11 is 0. The van der Waals surface area contributed by atoms with Crippen LogP contribution in [0.4, 0.5) is 5.69 Å². The molecule has 100 valence electrons. The van der Waals surface area contributed by atoms with Crippen LogP contribution >= 0.6 is 0 Å². The fraction of sp³-hybridized carbons (Fsp3) is 0.364. The first kappa shape index (κ1) is 14.6. The molecule has 0 spiro atoms. The van der Waals surface area contributed by atoms with Crippen LogP contribution in [-0.4, -0.2) is 20.9 Å². The number of sulfonamides is 1. The molecule has 1 atom stereocenters. The molecule has 1 aromatic carbocycles. The van der Waals surface area contributed by atoms with Crippen molar-refractivity contribution in [1.82, 2.24) is 0 Å².